The summed E-state index contributed by atoms with van der Waals surface area (Å²) in [6, 6.07) is 0.433. The van der Waals surface area contributed by atoms with Crippen LogP contribution in [0.1, 0.15) is 24.7 Å². The van der Waals surface area contributed by atoms with Crippen molar-refractivity contribution in [2.75, 3.05) is 6.54 Å². The number of hydrogen-bond acceptors (Lipinski definition) is 3. The Morgan fingerprint density at radius 1 is 1.73 bits per heavy atom. The van der Waals surface area contributed by atoms with E-state index in [-0.39, 0.29) is 0 Å². The molecule has 11 heavy (non-hydrogen) atoms. The van der Waals surface area contributed by atoms with Crippen LogP contribution in [0.3, 0.4) is 0 Å². The normalized spacial score (nSPS) is 24.3. The summed E-state index contributed by atoms with van der Waals surface area (Å²) >= 11 is 0. The average molecular weight is 152 g/mol. The highest BCUT2D eigenvalue weighted by Crippen LogP contribution is 2.19. The van der Waals surface area contributed by atoms with Gasteiger partial charge in [-0.1, -0.05) is 0 Å². The first-order valence-electron chi connectivity index (χ1n) is 3.95. The third-order valence-corrected chi connectivity index (χ3v) is 2.12. The van der Waals surface area contributed by atoms with Crippen molar-refractivity contribution in [3.63, 3.8) is 0 Å². The van der Waals surface area contributed by atoms with E-state index in [1.165, 1.54) is 12.8 Å². The van der Waals surface area contributed by atoms with Gasteiger partial charge in [0.05, 0.1) is 6.04 Å². The van der Waals surface area contributed by atoms with E-state index in [2.05, 4.69) is 15.4 Å². The molecule has 1 saturated heterocycles. The molecule has 1 N–H and O–H groups in total. The number of rotatable bonds is 1. The smallest absolute Gasteiger partial charge is 0.143 e. The molecule has 0 unspecified atom stereocenters. The predicted molar refractivity (Wildman–Crippen MR) is 41.0 cm³/mol. The van der Waals surface area contributed by atoms with Gasteiger partial charge in [0.25, 0.3) is 0 Å². The van der Waals surface area contributed by atoms with Gasteiger partial charge < -0.3 is 5.32 Å². The SMILES string of the molecule is Cn1ncnc1[C@@H]1CCCN1. The van der Waals surface area contributed by atoms with E-state index >= 15 is 0 Å². The van der Waals surface area contributed by atoms with Gasteiger partial charge >= 0.3 is 0 Å². The number of nitrogens with zero attached hydrogens (tertiary/aromatic N) is 3. The Morgan fingerprint density at radius 2 is 2.64 bits per heavy atom. The van der Waals surface area contributed by atoms with Crippen LogP contribution in [0.15, 0.2) is 6.33 Å². The van der Waals surface area contributed by atoms with Crippen molar-refractivity contribution in [2.45, 2.75) is 18.9 Å². The molecule has 4 heteroatoms. The van der Waals surface area contributed by atoms with Crippen molar-refractivity contribution in [2.24, 2.45) is 7.05 Å². The summed E-state index contributed by atoms with van der Waals surface area (Å²) in [6.45, 7) is 1.11. The summed E-state index contributed by atoms with van der Waals surface area (Å²) in [7, 11) is 1.93. The third kappa shape index (κ3) is 1.14. The maximum Gasteiger partial charge on any atom is 0.143 e. The van der Waals surface area contributed by atoms with Crippen molar-refractivity contribution < 1.29 is 0 Å². The van der Waals surface area contributed by atoms with E-state index in [0.717, 1.165) is 12.4 Å². The molecule has 2 heterocycles. The first kappa shape index (κ1) is 6.79. The fourth-order valence-electron chi connectivity index (χ4n) is 1.53. The molecule has 0 radical (unpaired) electrons. The molecule has 0 aliphatic carbocycles. The van der Waals surface area contributed by atoms with E-state index in [1.54, 1.807) is 6.33 Å². The van der Waals surface area contributed by atoms with Gasteiger partial charge in [-0.15, -0.1) is 0 Å². The average Bonchev–Trinajstić information content (AvgIpc) is 2.55. The molecule has 0 aromatic carbocycles. The minimum absolute atomic E-state index is 0.433. The van der Waals surface area contributed by atoms with Crippen LogP contribution in [-0.4, -0.2) is 21.3 Å². The quantitative estimate of drug-likeness (QED) is 0.626. The largest absolute Gasteiger partial charge is 0.307 e. The fraction of sp³-hybridized carbons (Fsp3) is 0.714. The summed E-state index contributed by atoms with van der Waals surface area (Å²) in [4.78, 5) is 4.19. The Kier molecular flexibility index (Phi) is 1.62. The van der Waals surface area contributed by atoms with Crippen LogP contribution in [0, 0.1) is 0 Å². The van der Waals surface area contributed by atoms with Crippen LogP contribution >= 0.6 is 0 Å². The third-order valence-electron chi connectivity index (χ3n) is 2.12. The molecule has 4 nitrogen and oxygen atoms in total. The minimum Gasteiger partial charge on any atom is -0.307 e. The van der Waals surface area contributed by atoms with Crippen molar-refractivity contribution in [1.29, 1.82) is 0 Å². The zero-order valence-electron chi connectivity index (χ0n) is 6.62. The van der Waals surface area contributed by atoms with Crippen LogP contribution in [0.25, 0.3) is 0 Å². The molecule has 1 aliphatic rings. The van der Waals surface area contributed by atoms with Crippen molar-refractivity contribution >= 4 is 0 Å². The summed E-state index contributed by atoms with van der Waals surface area (Å²) < 4.78 is 1.84. The second kappa shape index (κ2) is 2.62. The number of nitrogens with one attached hydrogen (secondary N) is 1. The molecule has 1 aliphatic heterocycles. The maximum absolute atomic E-state index is 4.19. The van der Waals surface area contributed by atoms with Crippen molar-refractivity contribution in [1.82, 2.24) is 20.1 Å². The molecule has 60 valence electrons. The summed E-state index contributed by atoms with van der Waals surface area (Å²) in [5, 5.41) is 7.40. The Balaban J connectivity index is 2.21. The molecule has 1 atom stereocenters. The first-order chi connectivity index (χ1) is 5.38. The molecule has 0 spiro atoms. The lowest BCUT2D eigenvalue weighted by Crippen LogP contribution is -2.17. The Bertz CT molecular complexity index is 236. The maximum atomic E-state index is 4.19. The van der Waals surface area contributed by atoms with Crippen LogP contribution in [0.5, 0.6) is 0 Å². The van der Waals surface area contributed by atoms with Crippen molar-refractivity contribution in [3.8, 4) is 0 Å². The van der Waals surface area contributed by atoms with Crippen molar-refractivity contribution in [3.05, 3.63) is 12.2 Å². The fourth-order valence-corrected chi connectivity index (χ4v) is 1.53. The van der Waals surface area contributed by atoms with Gasteiger partial charge in [-0.05, 0) is 19.4 Å². The number of aromatic nitrogens is 3. The molecule has 1 aromatic rings. The predicted octanol–water partition coefficient (Wildman–Crippen LogP) is 0.240. The Hall–Kier alpha value is -0.900. The van der Waals surface area contributed by atoms with Gasteiger partial charge in [-0.3, -0.25) is 4.68 Å². The molecular formula is C7H12N4. The van der Waals surface area contributed by atoms with E-state index in [1.807, 2.05) is 11.7 Å². The van der Waals surface area contributed by atoms with Crippen LogP contribution in [0.2, 0.25) is 0 Å². The van der Waals surface area contributed by atoms with Gasteiger partial charge in [0, 0.05) is 7.05 Å². The highest BCUT2D eigenvalue weighted by molar-refractivity contribution is 4.96. The van der Waals surface area contributed by atoms with Gasteiger partial charge in [-0.2, -0.15) is 5.10 Å². The lowest BCUT2D eigenvalue weighted by atomic mass is 10.2. The monoisotopic (exact) mass is 152 g/mol. The van der Waals surface area contributed by atoms with Gasteiger partial charge in [0.15, 0.2) is 0 Å². The molecule has 0 saturated carbocycles. The Morgan fingerprint density at radius 3 is 3.18 bits per heavy atom. The highest BCUT2D eigenvalue weighted by Gasteiger charge is 2.19. The van der Waals surface area contributed by atoms with Crippen LogP contribution < -0.4 is 5.32 Å². The number of hydrogen-bond donors (Lipinski definition) is 1. The number of aryl methyl sites for hydroxylation is 1. The molecule has 0 amide bonds. The lowest BCUT2D eigenvalue weighted by molar-refractivity contribution is 0.559. The minimum atomic E-state index is 0.433. The Labute approximate surface area is 65.6 Å². The topological polar surface area (TPSA) is 42.7 Å². The zero-order valence-corrected chi connectivity index (χ0v) is 6.62. The summed E-state index contributed by atoms with van der Waals surface area (Å²) in [6.07, 6.45) is 4.04. The molecule has 0 bridgehead atoms. The van der Waals surface area contributed by atoms with E-state index in [9.17, 15) is 0 Å². The van der Waals surface area contributed by atoms with Crippen LogP contribution in [0.4, 0.5) is 0 Å². The van der Waals surface area contributed by atoms with E-state index < -0.39 is 0 Å². The van der Waals surface area contributed by atoms with E-state index in [0.29, 0.717) is 6.04 Å². The molecule has 2 rings (SSSR count). The first-order valence-corrected chi connectivity index (χ1v) is 3.95. The standard InChI is InChI=1S/C7H12N4/c1-11-7(9-5-10-11)6-3-2-4-8-6/h5-6,8H,2-4H2,1H3/t6-/m0/s1. The van der Waals surface area contributed by atoms with Gasteiger partial charge in [-0.25, -0.2) is 4.98 Å². The molecule has 1 fully saturated rings. The van der Waals surface area contributed by atoms with Gasteiger partial charge in [0.2, 0.25) is 0 Å². The summed E-state index contributed by atoms with van der Waals surface area (Å²) in [5.74, 6) is 1.06. The zero-order chi connectivity index (χ0) is 7.68. The second-order valence-corrected chi connectivity index (χ2v) is 2.89. The molecule has 1 aromatic heterocycles. The highest BCUT2D eigenvalue weighted by atomic mass is 15.3. The summed E-state index contributed by atoms with van der Waals surface area (Å²) in [5.41, 5.74) is 0. The second-order valence-electron chi connectivity index (χ2n) is 2.89. The lowest BCUT2D eigenvalue weighted by Gasteiger charge is -2.07. The van der Waals surface area contributed by atoms with Gasteiger partial charge in [0.1, 0.15) is 12.2 Å². The van der Waals surface area contributed by atoms with Crippen LogP contribution in [-0.2, 0) is 7.05 Å². The van der Waals surface area contributed by atoms with E-state index in [4.69, 9.17) is 0 Å². The molecular weight excluding hydrogens is 140 g/mol.